The highest BCUT2D eigenvalue weighted by Gasteiger charge is 2.27. The number of nitrogens with zero attached hydrogens (tertiary/aromatic N) is 3. The third-order valence-corrected chi connectivity index (χ3v) is 4.61. The first kappa shape index (κ1) is 18.2. The molecule has 1 aliphatic heterocycles. The summed E-state index contributed by atoms with van der Waals surface area (Å²) in [7, 11) is 0. The van der Waals surface area contributed by atoms with Crippen molar-refractivity contribution in [3.8, 4) is 0 Å². The van der Waals surface area contributed by atoms with Crippen molar-refractivity contribution in [1.29, 1.82) is 0 Å². The normalized spacial score (nSPS) is 17.2. The maximum Gasteiger partial charge on any atom is 0.272 e. The van der Waals surface area contributed by atoms with Gasteiger partial charge in [0.2, 0.25) is 5.95 Å². The number of carbonyl (C=O) groups is 1. The van der Waals surface area contributed by atoms with E-state index in [9.17, 15) is 13.6 Å². The molecule has 1 aromatic heterocycles. The maximum absolute atomic E-state index is 13.4. The smallest absolute Gasteiger partial charge is 0.272 e. The zero-order chi connectivity index (χ0) is 18.7. The van der Waals surface area contributed by atoms with Crippen LogP contribution >= 0.6 is 0 Å². The Balaban J connectivity index is 1.84. The third kappa shape index (κ3) is 3.98. The summed E-state index contributed by atoms with van der Waals surface area (Å²) in [6.07, 6.45) is 4.04. The largest absolute Gasteiger partial charge is 0.334 e. The average molecular weight is 360 g/mol. The number of aromatic nitrogens is 2. The molecular formula is C19H22F2N4O. The van der Waals surface area contributed by atoms with Crippen molar-refractivity contribution in [2.75, 3.05) is 11.9 Å². The van der Waals surface area contributed by atoms with E-state index in [4.69, 9.17) is 0 Å². The molecule has 0 saturated carbocycles. The van der Waals surface area contributed by atoms with Gasteiger partial charge < -0.3 is 10.2 Å². The van der Waals surface area contributed by atoms with Gasteiger partial charge in [-0.1, -0.05) is 6.92 Å². The lowest BCUT2D eigenvalue weighted by atomic mass is 9.99. The second-order valence-corrected chi connectivity index (χ2v) is 6.53. The number of halogens is 2. The summed E-state index contributed by atoms with van der Waals surface area (Å²) in [5.74, 6) is -1.81. The Kier molecular flexibility index (Phi) is 5.44. The van der Waals surface area contributed by atoms with Crippen LogP contribution in [0.15, 0.2) is 24.3 Å². The van der Waals surface area contributed by atoms with Gasteiger partial charge in [0.15, 0.2) is 11.6 Å². The second kappa shape index (κ2) is 7.76. The molecular weight excluding hydrogens is 338 g/mol. The molecule has 1 unspecified atom stereocenters. The zero-order valence-corrected chi connectivity index (χ0v) is 14.9. The molecule has 2 aromatic rings. The Morgan fingerprint density at radius 3 is 2.77 bits per heavy atom. The fourth-order valence-corrected chi connectivity index (χ4v) is 3.28. The van der Waals surface area contributed by atoms with Crippen LogP contribution in [0, 0.1) is 18.6 Å². The highest BCUT2D eigenvalue weighted by molar-refractivity contribution is 5.93. The molecule has 1 aliphatic rings. The van der Waals surface area contributed by atoms with Crippen molar-refractivity contribution in [3.63, 3.8) is 0 Å². The predicted octanol–water partition coefficient (Wildman–Crippen LogP) is 4.21. The summed E-state index contributed by atoms with van der Waals surface area (Å²) in [6.45, 7) is 4.58. The molecule has 3 rings (SSSR count). The van der Waals surface area contributed by atoms with Crippen molar-refractivity contribution in [1.82, 2.24) is 14.9 Å². The first-order valence-corrected chi connectivity index (χ1v) is 8.86. The van der Waals surface area contributed by atoms with E-state index in [-0.39, 0.29) is 17.9 Å². The summed E-state index contributed by atoms with van der Waals surface area (Å²) >= 11 is 0. The van der Waals surface area contributed by atoms with Crippen LogP contribution in [-0.4, -0.2) is 33.4 Å². The summed E-state index contributed by atoms with van der Waals surface area (Å²) in [6, 6.07) is 5.33. The highest BCUT2D eigenvalue weighted by atomic mass is 19.2. The molecule has 5 nitrogen and oxygen atoms in total. The first-order chi connectivity index (χ1) is 12.5. The number of amides is 1. The van der Waals surface area contributed by atoms with Gasteiger partial charge in [0.05, 0.1) is 0 Å². The number of likely N-dealkylation sites (tertiary alicyclic amines) is 1. The van der Waals surface area contributed by atoms with Crippen LogP contribution in [0.1, 0.15) is 48.8 Å². The number of hydrogen-bond donors (Lipinski definition) is 1. The lowest BCUT2D eigenvalue weighted by molar-refractivity contribution is 0.0602. The van der Waals surface area contributed by atoms with Gasteiger partial charge in [-0.05, 0) is 50.8 Å². The Labute approximate surface area is 151 Å². The number of rotatable bonds is 4. The monoisotopic (exact) mass is 360 g/mol. The molecule has 2 heterocycles. The standard InChI is InChI=1S/C19H22F2N4O/c1-3-14-6-4-5-9-25(14)18(26)17-10-12(2)22-19(24-17)23-13-7-8-15(20)16(21)11-13/h7-8,10-11,14H,3-6,9H2,1-2H3,(H,22,23,24). The molecule has 0 bridgehead atoms. The van der Waals surface area contributed by atoms with Gasteiger partial charge in [-0.25, -0.2) is 18.7 Å². The molecule has 1 aromatic carbocycles. The van der Waals surface area contributed by atoms with Crippen molar-refractivity contribution < 1.29 is 13.6 Å². The Hall–Kier alpha value is -2.57. The topological polar surface area (TPSA) is 58.1 Å². The number of hydrogen-bond acceptors (Lipinski definition) is 4. The van der Waals surface area contributed by atoms with Crippen LogP contribution in [0.5, 0.6) is 0 Å². The van der Waals surface area contributed by atoms with E-state index >= 15 is 0 Å². The van der Waals surface area contributed by atoms with E-state index in [1.165, 1.54) is 6.07 Å². The van der Waals surface area contributed by atoms with Crippen LogP contribution in [0.4, 0.5) is 20.4 Å². The van der Waals surface area contributed by atoms with E-state index in [1.807, 2.05) is 4.90 Å². The lowest BCUT2D eigenvalue weighted by Crippen LogP contribution is -2.43. The van der Waals surface area contributed by atoms with Gasteiger partial charge in [-0.2, -0.15) is 0 Å². The second-order valence-electron chi connectivity index (χ2n) is 6.53. The van der Waals surface area contributed by atoms with Gasteiger partial charge in [0.25, 0.3) is 5.91 Å². The van der Waals surface area contributed by atoms with E-state index in [2.05, 4.69) is 22.2 Å². The minimum absolute atomic E-state index is 0.115. The van der Waals surface area contributed by atoms with Gasteiger partial charge in [0, 0.05) is 30.0 Å². The van der Waals surface area contributed by atoms with Gasteiger partial charge in [-0.3, -0.25) is 4.79 Å². The van der Waals surface area contributed by atoms with E-state index < -0.39 is 11.6 Å². The fourth-order valence-electron chi connectivity index (χ4n) is 3.28. The molecule has 0 radical (unpaired) electrons. The molecule has 1 fully saturated rings. The molecule has 1 amide bonds. The number of anilines is 2. The van der Waals surface area contributed by atoms with Crippen molar-refractivity contribution >= 4 is 17.5 Å². The molecule has 1 N–H and O–H groups in total. The summed E-state index contributed by atoms with van der Waals surface area (Å²) in [5.41, 5.74) is 1.25. The molecule has 0 spiro atoms. The number of piperidine rings is 1. The molecule has 1 saturated heterocycles. The van der Waals surface area contributed by atoms with E-state index in [0.717, 1.165) is 44.4 Å². The molecule has 26 heavy (non-hydrogen) atoms. The minimum atomic E-state index is -0.960. The number of nitrogens with one attached hydrogen (secondary N) is 1. The number of benzene rings is 1. The van der Waals surface area contributed by atoms with Crippen LogP contribution < -0.4 is 5.32 Å². The molecule has 7 heteroatoms. The average Bonchev–Trinajstić information content (AvgIpc) is 2.63. The van der Waals surface area contributed by atoms with E-state index in [1.54, 1.807) is 13.0 Å². The Bertz CT molecular complexity index is 812. The van der Waals surface area contributed by atoms with E-state index in [0.29, 0.717) is 17.1 Å². The molecule has 0 aliphatic carbocycles. The quantitative estimate of drug-likeness (QED) is 0.887. The van der Waals surface area contributed by atoms with Crippen LogP contribution in [-0.2, 0) is 0 Å². The van der Waals surface area contributed by atoms with Crippen molar-refractivity contribution in [3.05, 3.63) is 47.3 Å². The lowest BCUT2D eigenvalue weighted by Gasteiger charge is -2.35. The Morgan fingerprint density at radius 1 is 1.23 bits per heavy atom. The molecule has 138 valence electrons. The summed E-state index contributed by atoms with van der Waals surface area (Å²) in [5, 5.41) is 2.84. The van der Waals surface area contributed by atoms with Crippen LogP contribution in [0.2, 0.25) is 0 Å². The fraction of sp³-hybridized carbons (Fsp3) is 0.421. The highest BCUT2D eigenvalue weighted by Crippen LogP contribution is 2.22. The van der Waals surface area contributed by atoms with Gasteiger partial charge >= 0.3 is 0 Å². The maximum atomic E-state index is 13.4. The van der Waals surface area contributed by atoms with Gasteiger partial charge in [-0.15, -0.1) is 0 Å². The van der Waals surface area contributed by atoms with Crippen LogP contribution in [0.3, 0.4) is 0 Å². The summed E-state index contributed by atoms with van der Waals surface area (Å²) in [4.78, 5) is 23.3. The SMILES string of the molecule is CCC1CCCCN1C(=O)c1cc(C)nc(Nc2ccc(F)c(F)c2)n1. The van der Waals surface area contributed by atoms with Crippen molar-refractivity contribution in [2.24, 2.45) is 0 Å². The zero-order valence-electron chi connectivity index (χ0n) is 14.9. The Morgan fingerprint density at radius 2 is 2.04 bits per heavy atom. The first-order valence-electron chi connectivity index (χ1n) is 8.86. The minimum Gasteiger partial charge on any atom is -0.334 e. The van der Waals surface area contributed by atoms with Crippen molar-refractivity contribution in [2.45, 2.75) is 45.6 Å². The number of carbonyl (C=O) groups excluding carboxylic acids is 1. The number of aryl methyl sites for hydroxylation is 1. The third-order valence-electron chi connectivity index (χ3n) is 4.61. The van der Waals surface area contributed by atoms with Crippen LogP contribution in [0.25, 0.3) is 0 Å². The molecule has 1 atom stereocenters. The summed E-state index contributed by atoms with van der Waals surface area (Å²) < 4.78 is 26.4. The van der Waals surface area contributed by atoms with Gasteiger partial charge in [0.1, 0.15) is 5.69 Å². The predicted molar refractivity (Wildman–Crippen MR) is 95.4 cm³/mol.